The minimum atomic E-state index is 0. The van der Waals surface area contributed by atoms with Gasteiger partial charge in [0.25, 0.3) is 0 Å². The molecule has 16 heavy (non-hydrogen) atoms. The van der Waals surface area contributed by atoms with Crippen LogP contribution >= 0.6 is 24.2 Å². The molecule has 1 aliphatic carbocycles. The van der Waals surface area contributed by atoms with Gasteiger partial charge in [-0.25, -0.2) is 0 Å². The molecule has 0 radical (unpaired) electrons. The molecule has 2 unspecified atom stereocenters. The molecule has 2 atom stereocenters. The van der Waals surface area contributed by atoms with Crippen LogP contribution in [0.4, 0.5) is 0 Å². The predicted octanol–water partition coefficient (Wildman–Crippen LogP) is 1.79. The highest BCUT2D eigenvalue weighted by Gasteiger charge is 2.27. The summed E-state index contributed by atoms with van der Waals surface area (Å²) >= 11 is 1.86. The molecule has 5 heteroatoms. The van der Waals surface area contributed by atoms with Crippen LogP contribution in [0.15, 0.2) is 0 Å². The van der Waals surface area contributed by atoms with Crippen molar-refractivity contribution in [3.05, 3.63) is 0 Å². The van der Waals surface area contributed by atoms with Crippen LogP contribution in [-0.2, 0) is 4.79 Å². The second-order valence-corrected chi connectivity index (χ2v) is 5.25. The number of carbonyl (C=O) groups excluding carboxylic acids is 1. The van der Waals surface area contributed by atoms with E-state index in [1.807, 2.05) is 11.8 Å². The van der Waals surface area contributed by atoms with E-state index in [0.717, 1.165) is 32.2 Å². The summed E-state index contributed by atoms with van der Waals surface area (Å²) in [5, 5.41) is 3.00. The molecule has 1 amide bonds. The van der Waals surface area contributed by atoms with E-state index in [1.54, 1.807) is 0 Å². The van der Waals surface area contributed by atoms with E-state index in [1.165, 1.54) is 12.2 Å². The van der Waals surface area contributed by atoms with Gasteiger partial charge in [0.2, 0.25) is 5.91 Å². The lowest BCUT2D eigenvalue weighted by molar-refractivity contribution is -0.124. The van der Waals surface area contributed by atoms with Crippen LogP contribution in [0.1, 0.15) is 32.1 Å². The van der Waals surface area contributed by atoms with Crippen molar-refractivity contribution in [3.63, 3.8) is 0 Å². The van der Waals surface area contributed by atoms with Crippen LogP contribution < -0.4 is 11.1 Å². The van der Waals surface area contributed by atoms with Gasteiger partial charge in [0, 0.05) is 18.5 Å². The Labute approximate surface area is 109 Å². The number of carbonyl (C=O) groups is 1. The molecule has 1 rings (SSSR count). The highest BCUT2D eigenvalue weighted by molar-refractivity contribution is 7.98. The second kappa shape index (κ2) is 9.14. The maximum atomic E-state index is 11.7. The van der Waals surface area contributed by atoms with Crippen molar-refractivity contribution >= 4 is 30.1 Å². The SMILES string of the molecule is CSCCCCNC(=O)C1CCC(N)C1.Cl. The number of nitrogens with one attached hydrogen (secondary N) is 1. The van der Waals surface area contributed by atoms with E-state index in [0.29, 0.717) is 0 Å². The number of halogens is 1. The van der Waals surface area contributed by atoms with Gasteiger partial charge in [-0.3, -0.25) is 4.79 Å². The van der Waals surface area contributed by atoms with E-state index < -0.39 is 0 Å². The number of rotatable bonds is 6. The van der Waals surface area contributed by atoms with E-state index >= 15 is 0 Å². The number of unbranched alkanes of at least 4 members (excludes halogenated alkanes) is 1. The molecule has 0 aromatic rings. The standard InChI is InChI=1S/C11H22N2OS.ClH/c1-15-7-3-2-6-13-11(14)9-4-5-10(12)8-9;/h9-10H,2-8,12H2,1H3,(H,13,14);1H. The van der Waals surface area contributed by atoms with Crippen molar-refractivity contribution in [2.24, 2.45) is 11.7 Å². The fraction of sp³-hybridized carbons (Fsp3) is 0.909. The van der Waals surface area contributed by atoms with Crippen LogP contribution in [0.2, 0.25) is 0 Å². The van der Waals surface area contributed by atoms with Crippen molar-refractivity contribution in [2.45, 2.75) is 38.1 Å². The number of amides is 1. The first-order valence-corrected chi connectivity index (χ1v) is 7.15. The molecule has 1 aliphatic rings. The van der Waals surface area contributed by atoms with Crippen LogP contribution in [0.3, 0.4) is 0 Å². The average Bonchev–Trinajstić information content (AvgIpc) is 2.64. The first kappa shape index (κ1) is 16.1. The third-order valence-electron chi connectivity index (χ3n) is 2.92. The first-order valence-electron chi connectivity index (χ1n) is 5.76. The summed E-state index contributed by atoms with van der Waals surface area (Å²) in [4.78, 5) is 11.7. The molecule has 3 nitrogen and oxygen atoms in total. The zero-order valence-electron chi connectivity index (χ0n) is 9.91. The van der Waals surface area contributed by atoms with Crippen LogP contribution in [0.5, 0.6) is 0 Å². The Kier molecular flexibility index (Phi) is 9.18. The monoisotopic (exact) mass is 266 g/mol. The third-order valence-corrected chi connectivity index (χ3v) is 3.62. The fourth-order valence-corrected chi connectivity index (χ4v) is 2.47. The number of nitrogens with two attached hydrogens (primary N) is 1. The van der Waals surface area contributed by atoms with Gasteiger partial charge in [-0.15, -0.1) is 12.4 Å². The molecule has 1 saturated carbocycles. The fourth-order valence-electron chi connectivity index (χ4n) is 1.98. The predicted molar refractivity (Wildman–Crippen MR) is 73.2 cm³/mol. The van der Waals surface area contributed by atoms with Gasteiger partial charge < -0.3 is 11.1 Å². The second-order valence-electron chi connectivity index (χ2n) is 4.26. The summed E-state index contributed by atoms with van der Waals surface area (Å²) in [5.41, 5.74) is 5.77. The Morgan fingerprint density at radius 3 is 2.75 bits per heavy atom. The molecule has 3 N–H and O–H groups in total. The Morgan fingerprint density at radius 1 is 1.44 bits per heavy atom. The molecular weight excluding hydrogens is 244 g/mol. The molecule has 1 fully saturated rings. The maximum Gasteiger partial charge on any atom is 0.223 e. The molecule has 0 aromatic carbocycles. The molecule has 0 aliphatic heterocycles. The quantitative estimate of drug-likeness (QED) is 0.721. The topological polar surface area (TPSA) is 55.1 Å². The summed E-state index contributed by atoms with van der Waals surface area (Å²) < 4.78 is 0. The number of thioether (sulfide) groups is 1. The molecule has 0 saturated heterocycles. The largest absolute Gasteiger partial charge is 0.356 e. The van der Waals surface area contributed by atoms with E-state index in [-0.39, 0.29) is 30.3 Å². The van der Waals surface area contributed by atoms with Crippen molar-refractivity contribution in [2.75, 3.05) is 18.6 Å². The average molecular weight is 267 g/mol. The van der Waals surface area contributed by atoms with E-state index in [9.17, 15) is 4.79 Å². The minimum absolute atomic E-state index is 0. The van der Waals surface area contributed by atoms with Gasteiger partial charge in [-0.2, -0.15) is 11.8 Å². The molecular formula is C11H23ClN2OS. The van der Waals surface area contributed by atoms with Crippen molar-refractivity contribution in [1.82, 2.24) is 5.32 Å². The molecule has 0 heterocycles. The van der Waals surface area contributed by atoms with E-state index in [4.69, 9.17) is 5.73 Å². The highest BCUT2D eigenvalue weighted by Crippen LogP contribution is 2.23. The van der Waals surface area contributed by atoms with Gasteiger partial charge in [-0.05, 0) is 44.1 Å². The summed E-state index contributed by atoms with van der Waals surface area (Å²) in [7, 11) is 0. The zero-order valence-corrected chi connectivity index (χ0v) is 11.5. The number of hydrogen-bond acceptors (Lipinski definition) is 3. The van der Waals surface area contributed by atoms with Crippen LogP contribution in [-0.4, -0.2) is 30.5 Å². The van der Waals surface area contributed by atoms with Gasteiger partial charge >= 0.3 is 0 Å². The minimum Gasteiger partial charge on any atom is -0.356 e. The summed E-state index contributed by atoms with van der Waals surface area (Å²) in [5.74, 6) is 1.58. The zero-order chi connectivity index (χ0) is 11.1. The Bertz CT molecular complexity index is 204. The van der Waals surface area contributed by atoms with Gasteiger partial charge in [0.05, 0.1) is 0 Å². The van der Waals surface area contributed by atoms with Gasteiger partial charge in [0.1, 0.15) is 0 Å². The van der Waals surface area contributed by atoms with Crippen molar-refractivity contribution in [3.8, 4) is 0 Å². The molecule has 96 valence electrons. The summed E-state index contributed by atoms with van der Waals surface area (Å²) in [6, 6.07) is 0.247. The van der Waals surface area contributed by atoms with E-state index in [2.05, 4.69) is 11.6 Å². The third kappa shape index (κ3) is 5.97. The Morgan fingerprint density at radius 2 is 2.19 bits per heavy atom. The first-order chi connectivity index (χ1) is 7.24. The van der Waals surface area contributed by atoms with Crippen LogP contribution in [0, 0.1) is 5.92 Å². The molecule has 0 spiro atoms. The molecule has 0 bridgehead atoms. The Balaban J connectivity index is 0.00000225. The highest BCUT2D eigenvalue weighted by atomic mass is 35.5. The van der Waals surface area contributed by atoms with Gasteiger partial charge in [0.15, 0.2) is 0 Å². The maximum absolute atomic E-state index is 11.7. The lowest BCUT2D eigenvalue weighted by atomic mass is 10.1. The molecule has 0 aromatic heterocycles. The van der Waals surface area contributed by atoms with Crippen molar-refractivity contribution < 1.29 is 4.79 Å². The summed E-state index contributed by atoms with van der Waals surface area (Å²) in [6.45, 7) is 0.825. The lowest BCUT2D eigenvalue weighted by Crippen LogP contribution is -2.31. The van der Waals surface area contributed by atoms with Gasteiger partial charge in [-0.1, -0.05) is 0 Å². The smallest absolute Gasteiger partial charge is 0.223 e. The summed E-state index contributed by atoms with van der Waals surface area (Å²) in [6.07, 6.45) is 7.23. The normalized spacial score (nSPS) is 23.9. The van der Waals surface area contributed by atoms with Crippen molar-refractivity contribution in [1.29, 1.82) is 0 Å². The number of hydrogen-bond donors (Lipinski definition) is 2. The van der Waals surface area contributed by atoms with Crippen LogP contribution in [0.25, 0.3) is 0 Å². The Hall–Kier alpha value is 0.0700. The lowest BCUT2D eigenvalue weighted by Gasteiger charge is -2.10.